The summed E-state index contributed by atoms with van der Waals surface area (Å²) in [5, 5.41) is 21.6. The molecule has 12 heteroatoms. The number of ether oxygens (including phenoxy) is 2. The first-order valence-electron chi connectivity index (χ1n) is 11.1. The molecule has 0 saturated carbocycles. The first kappa shape index (κ1) is 28.3. The van der Waals surface area contributed by atoms with Crippen LogP contribution in [0.1, 0.15) is 57.5 Å². The van der Waals surface area contributed by atoms with Crippen molar-refractivity contribution in [1.29, 1.82) is 5.26 Å². The van der Waals surface area contributed by atoms with Gasteiger partial charge in [-0.15, -0.1) is 0 Å². The van der Waals surface area contributed by atoms with Crippen LogP contribution < -0.4 is 21.3 Å². The summed E-state index contributed by atoms with van der Waals surface area (Å²) in [5.74, 6) is -1.03. The average molecular weight is 501 g/mol. The van der Waals surface area contributed by atoms with Gasteiger partial charge in [-0.05, 0) is 53.7 Å². The van der Waals surface area contributed by atoms with Gasteiger partial charge in [0, 0.05) is 5.56 Å². The van der Waals surface area contributed by atoms with Crippen LogP contribution in [0.25, 0.3) is 11.4 Å². The van der Waals surface area contributed by atoms with Crippen LogP contribution in [0.4, 0.5) is 10.6 Å². The van der Waals surface area contributed by atoms with Gasteiger partial charge >= 0.3 is 6.09 Å². The van der Waals surface area contributed by atoms with Crippen molar-refractivity contribution in [2.75, 3.05) is 18.9 Å². The zero-order valence-electron chi connectivity index (χ0n) is 21.2. The molecule has 1 heterocycles. The number of anilines is 1. The Morgan fingerprint density at radius 2 is 1.92 bits per heavy atom. The summed E-state index contributed by atoms with van der Waals surface area (Å²) in [6.07, 6.45) is -1.29. The number of alkyl carbamates (subject to hydrolysis) is 1. The number of nitriles is 1. The molecule has 0 fully saturated rings. The Morgan fingerprint density at radius 1 is 1.22 bits per heavy atom. The number of benzene rings is 1. The fraction of sp³-hybridized carbons (Fsp3) is 0.458. The maximum Gasteiger partial charge on any atom is 0.407 e. The average Bonchev–Trinajstić information content (AvgIpc) is 2.75. The van der Waals surface area contributed by atoms with Crippen molar-refractivity contribution in [3.63, 3.8) is 0 Å². The van der Waals surface area contributed by atoms with Gasteiger partial charge < -0.3 is 25.6 Å². The van der Waals surface area contributed by atoms with E-state index in [4.69, 9.17) is 20.0 Å². The van der Waals surface area contributed by atoms with Crippen molar-refractivity contribution < 1.29 is 29.0 Å². The predicted molar refractivity (Wildman–Crippen MR) is 131 cm³/mol. The summed E-state index contributed by atoms with van der Waals surface area (Å²) in [6.45, 7) is 9.73. The smallest absolute Gasteiger partial charge is 0.407 e. The van der Waals surface area contributed by atoms with Gasteiger partial charge in [-0.25, -0.2) is 15.3 Å². The fourth-order valence-corrected chi connectivity index (χ4v) is 2.72. The number of nitrogens with two attached hydrogens (primary N) is 1. The van der Waals surface area contributed by atoms with Gasteiger partial charge in [0.1, 0.15) is 29.7 Å². The highest BCUT2D eigenvalue weighted by Crippen LogP contribution is 2.27. The molecule has 0 aliphatic carbocycles. The molecule has 0 bridgehead atoms. The third kappa shape index (κ3) is 9.01. The van der Waals surface area contributed by atoms with E-state index in [1.165, 1.54) is 13.8 Å². The zero-order chi connectivity index (χ0) is 27.1. The van der Waals surface area contributed by atoms with E-state index in [1.54, 1.807) is 52.0 Å². The second kappa shape index (κ2) is 11.7. The zero-order valence-corrected chi connectivity index (χ0v) is 21.2. The standard InChI is InChI=1S/C24H32N6O6/c1-14(12-27-22(32)36-23(2,3)4)35-21-17(20(31)30-34-13-24(5,6)33)18(26)28-19(29-21)16-9-7-8-15(10-16)11-25/h7-10,14,33H,12-13H2,1-6H3,(H,27,32)(H,30,31)(H2,26,28,29)/t14-/m0/s1. The maximum atomic E-state index is 12.8. The van der Waals surface area contributed by atoms with Crippen molar-refractivity contribution in [2.24, 2.45) is 0 Å². The van der Waals surface area contributed by atoms with Gasteiger partial charge in [-0.3, -0.25) is 9.63 Å². The number of nitrogen functional groups attached to an aromatic ring is 1. The second-order valence-electron chi connectivity index (χ2n) is 9.65. The number of hydrogen-bond donors (Lipinski definition) is 4. The number of aromatic nitrogens is 2. The van der Waals surface area contributed by atoms with Crippen LogP contribution in [0, 0.1) is 11.3 Å². The van der Waals surface area contributed by atoms with Crippen LogP contribution in [0.3, 0.4) is 0 Å². The van der Waals surface area contributed by atoms with Crippen molar-refractivity contribution >= 4 is 17.8 Å². The van der Waals surface area contributed by atoms with Gasteiger partial charge in [0.2, 0.25) is 5.88 Å². The highest BCUT2D eigenvalue weighted by Gasteiger charge is 2.25. The molecule has 1 aromatic carbocycles. The highest BCUT2D eigenvalue weighted by molar-refractivity contribution is 6.00. The Morgan fingerprint density at radius 3 is 2.53 bits per heavy atom. The van der Waals surface area contributed by atoms with E-state index in [1.807, 2.05) is 6.07 Å². The number of carbonyl (C=O) groups is 2. The summed E-state index contributed by atoms with van der Waals surface area (Å²) in [7, 11) is 0. The van der Waals surface area contributed by atoms with Crippen LogP contribution in [0.5, 0.6) is 5.88 Å². The first-order chi connectivity index (χ1) is 16.7. The van der Waals surface area contributed by atoms with E-state index >= 15 is 0 Å². The Bertz CT molecular complexity index is 1130. The highest BCUT2D eigenvalue weighted by atomic mass is 16.7. The monoisotopic (exact) mass is 500 g/mol. The molecule has 12 nitrogen and oxygen atoms in total. The Labute approximate surface area is 209 Å². The largest absolute Gasteiger partial charge is 0.472 e. The third-order valence-corrected chi connectivity index (χ3v) is 4.22. The molecular formula is C24H32N6O6. The molecule has 2 amide bonds. The molecule has 0 saturated heterocycles. The second-order valence-corrected chi connectivity index (χ2v) is 9.65. The number of amides is 2. The lowest BCUT2D eigenvalue weighted by Gasteiger charge is -2.22. The molecule has 0 aliphatic heterocycles. The molecule has 1 atom stereocenters. The molecule has 2 rings (SSSR count). The summed E-state index contributed by atoms with van der Waals surface area (Å²) < 4.78 is 11.1. The van der Waals surface area contributed by atoms with Crippen molar-refractivity contribution in [2.45, 2.75) is 58.8 Å². The number of hydroxylamine groups is 1. The molecule has 5 N–H and O–H groups in total. The number of aliphatic hydroxyl groups is 1. The lowest BCUT2D eigenvalue weighted by Crippen LogP contribution is -2.38. The lowest BCUT2D eigenvalue weighted by atomic mass is 10.1. The minimum atomic E-state index is -1.19. The SMILES string of the molecule is C[C@@H](CNC(=O)OC(C)(C)C)Oc1nc(-c2cccc(C#N)c2)nc(N)c1C(=O)NOCC(C)(C)O. The van der Waals surface area contributed by atoms with E-state index in [2.05, 4.69) is 20.8 Å². The normalized spacial score (nSPS) is 12.3. The maximum absolute atomic E-state index is 12.8. The van der Waals surface area contributed by atoms with E-state index in [-0.39, 0.29) is 36.2 Å². The molecular weight excluding hydrogens is 468 g/mol. The Balaban J connectivity index is 2.33. The number of hydrogen-bond acceptors (Lipinski definition) is 10. The summed E-state index contributed by atoms with van der Waals surface area (Å²) >= 11 is 0. The number of rotatable bonds is 9. The first-order valence-corrected chi connectivity index (χ1v) is 11.1. The molecule has 0 unspecified atom stereocenters. The van der Waals surface area contributed by atoms with Gasteiger partial charge in [0.15, 0.2) is 5.82 Å². The molecule has 0 spiro atoms. The van der Waals surface area contributed by atoms with Crippen LogP contribution in [0.2, 0.25) is 0 Å². The van der Waals surface area contributed by atoms with Gasteiger partial charge in [-0.2, -0.15) is 10.2 Å². The van der Waals surface area contributed by atoms with Crippen molar-refractivity contribution in [1.82, 2.24) is 20.8 Å². The molecule has 0 radical (unpaired) electrons. The van der Waals surface area contributed by atoms with E-state index < -0.39 is 29.3 Å². The minimum absolute atomic E-state index is 0.0360. The van der Waals surface area contributed by atoms with Gasteiger partial charge in [-0.1, -0.05) is 12.1 Å². The van der Waals surface area contributed by atoms with E-state index in [9.17, 15) is 20.0 Å². The van der Waals surface area contributed by atoms with Crippen molar-refractivity contribution in [3.8, 4) is 23.3 Å². The van der Waals surface area contributed by atoms with Crippen LogP contribution in [0.15, 0.2) is 24.3 Å². The summed E-state index contributed by atoms with van der Waals surface area (Å²) in [4.78, 5) is 38.4. The van der Waals surface area contributed by atoms with Crippen molar-refractivity contribution in [3.05, 3.63) is 35.4 Å². The van der Waals surface area contributed by atoms with E-state index in [0.29, 0.717) is 11.1 Å². The number of carbonyl (C=O) groups excluding carboxylic acids is 2. The summed E-state index contributed by atoms with van der Waals surface area (Å²) in [6, 6.07) is 8.56. The molecule has 194 valence electrons. The minimum Gasteiger partial charge on any atom is -0.472 e. The molecule has 1 aromatic heterocycles. The number of nitrogens with one attached hydrogen (secondary N) is 2. The third-order valence-electron chi connectivity index (χ3n) is 4.22. The quantitative estimate of drug-likeness (QED) is 0.373. The number of nitrogens with zero attached hydrogens (tertiary/aromatic N) is 3. The van der Waals surface area contributed by atoms with Gasteiger partial charge in [0.25, 0.3) is 5.91 Å². The van der Waals surface area contributed by atoms with Crippen LogP contribution >= 0.6 is 0 Å². The lowest BCUT2D eigenvalue weighted by molar-refractivity contribution is -0.0523. The Hall–Kier alpha value is -3.95. The predicted octanol–water partition coefficient (Wildman–Crippen LogP) is 2.32. The van der Waals surface area contributed by atoms with E-state index in [0.717, 1.165) is 0 Å². The van der Waals surface area contributed by atoms with Crippen LogP contribution in [-0.2, 0) is 9.57 Å². The fourth-order valence-electron chi connectivity index (χ4n) is 2.72. The Kier molecular flexibility index (Phi) is 9.16. The summed E-state index contributed by atoms with van der Waals surface area (Å²) in [5.41, 5.74) is 7.10. The van der Waals surface area contributed by atoms with Gasteiger partial charge in [0.05, 0.1) is 23.8 Å². The molecule has 0 aliphatic rings. The topological polar surface area (TPSA) is 182 Å². The molecule has 36 heavy (non-hydrogen) atoms. The molecule has 2 aromatic rings. The van der Waals surface area contributed by atoms with Crippen LogP contribution in [-0.4, -0.2) is 57.5 Å².